The second-order valence-electron chi connectivity index (χ2n) is 5.91. The first-order valence-electron chi connectivity index (χ1n) is 7.45. The fourth-order valence-corrected chi connectivity index (χ4v) is 2.75. The quantitative estimate of drug-likeness (QED) is 0.928. The predicted octanol–water partition coefficient (Wildman–Crippen LogP) is 3.12. The first-order valence-corrected chi connectivity index (χ1v) is 7.45. The van der Waals surface area contributed by atoms with Gasteiger partial charge in [-0.3, -0.25) is 0 Å². The summed E-state index contributed by atoms with van der Waals surface area (Å²) in [5, 5.41) is 8.58. The zero-order valence-corrected chi connectivity index (χ0v) is 12.2. The highest BCUT2D eigenvalue weighted by molar-refractivity contribution is 5.38. The molecule has 1 saturated carbocycles. The summed E-state index contributed by atoms with van der Waals surface area (Å²) in [5.74, 6) is 1.12. The zero-order valence-electron chi connectivity index (χ0n) is 12.2. The largest absolute Gasteiger partial charge is 0.325 e. The van der Waals surface area contributed by atoms with Crippen molar-refractivity contribution in [3.05, 3.63) is 41.2 Å². The molecule has 20 heavy (non-hydrogen) atoms. The van der Waals surface area contributed by atoms with Crippen LogP contribution in [0.2, 0.25) is 0 Å². The van der Waals surface area contributed by atoms with E-state index in [1.165, 1.54) is 30.5 Å². The summed E-state index contributed by atoms with van der Waals surface area (Å²) < 4.78 is 1.98. The molecule has 106 valence electrons. The van der Waals surface area contributed by atoms with Gasteiger partial charge in [-0.15, -0.1) is 5.10 Å². The van der Waals surface area contributed by atoms with Crippen molar-refractivity contribution in [3.63, 3.8) is 0 Å². The van der Waals surface area contributed by atoms with Crippen LogP contribution in [0.3, 0.4) is 0 Å². The van der Waals surface area contributed by atoms with Gasteiger partial charge >= 0.3 is 0 Å². The fourth-order valence-electron chi connectivity index (χ4n) is 2.75. The second kappa shape index (κ2) is 5.37. The molecule has 0 aliphatic heterocycles. The molecule has 0 atom stereocenters. The van der Waals surface area contributed by atoms with Crippen LogP contribution in [0.25, 0.3) is 5.69 Å². The summed E-state index contributed by atoms with van der Waals surface area (Å²) in [7, 11) is 0. The van der Waals surface area contributed by atoms with Gasteiger partial charge in [-0.05, 0) is 36.5 Å². The molecule has 0 bridgehead atoms. The van der Waals surface area contributed by atoms with Crippen LogP contribution in [-0.4, -0.2) is 15.0 Å². The van der Waals surface area contributed by atoms with Crippen molar-refractivity contribution >= 4 is 0 Å². The number of hydrogen-bond donors (Lipinski definition) is 1. The minimum absolute atomic E-state index is 0.468. The van der Waals surface area contributed by atoms with E-state index >= 15 is 0 Å². The van der Waals surface area contributed by atoms with E-state index in [2.05, 4.69) is 48.4 Å². The average molecular weight is 270 g/mol. The van der Waals surface area contributed by atoms with Crippen LogP contribution in [0.1, 0.15) is 61.9 Å². The number of benzene rings is 1. The SMILES string of the molecule is CC(C)c1ccc(-n2nnc(CN)c2C2CCC2)cc1. The average Bonchev–Trinajstić information content (AvgIpc) is 2.80. The Hall–Kier alpha value is -1.68. The number of hydrogen-bond acceptors (Lipinski definition) is 3. The van der Waals surface area contributed by atoms with Crippen molar-refractivity contribution in [2.75, 3.05) is 0 Å². The highest BCUT2D eigenvalue weighted by atomic mass is 15.4. The number of nitrogens with zero attached hydrogens (tertiary/aromatic N) is 3. The minimum Gasteiger partial charge on any atom is -0.325 e. The molecule has 0 spiro atoms. The topological polar surface area (TPSA) is 56.7 Å². The van der Waals surface area contributed by atoms with Crippen LogP contribution in [0, 0.1) is 0 Å². The molecule has 1 fully saturated rings. The predicted molar refractivity (Wildman–Crippen MR) is 79.9 cm³/mol. The van der Waals surface area contributed by atoms with Crippen molar-refractivity contribution in [2.45, 2.75) is 51.5 Å². The normalized spacial score (nSPS) is 15.6. The van der Waals surface area contributed by atoms with Gasteiger partial charge in [0.05, 0.1) is 11.4 Å². The van der Waals surface area contributed by atoms with Gasteiger partial charge in [0.15, 0.2) is 0 Å². The van der Waals surface area contributed by atoms with Crippen molar-refractivity contribution < 1.29 is 0 Å². The Bertz CT molecular complexity index is 579. The van der Waals surface area contributed by atoms with Crippen LogP contribution in [-0.2, 0) is 6.54 Å². The van der Waals surface area contributed by atoms with Crippen molar-refractivity contribution in [1.29, 1.82) is 0 Å². The second-order valence-corrected chi connectivity index (χ2v) is 5.91. The van der Waals surface area contributed by atoms with Crippen LogP contribution >= 0.6 is 0 Å². The van der Waals surface area contributed by atoms with E-state index in [1.54, 1.807) is 0 Å². The lowest BCUT2D eigenvalue weighted by Gasteiger charge is -2.26. The Morgan fingerprint density at radius 1 is 1.25 bits per heavy atom. The Kier molecular flexibility index (Phi) is 3.57. The maximum atomic E-state index is 5.81. The summed E-state index contributed by atoms with van der Waals surface area (Å²) in [6, 6.07) is 8.61. The number of rotatable bonds is 4. The van der Waals surface area contributed by atoms with Gasteiger partial charge in [-0.25, -0.2) is 4.68 Å². The van der Waals surface area contributed by atoms with Gasteiger partial charge in [0, 0.05) is 12.5 Å². The van der Waals surface area contributed by atoms with Crippen molar-refractivity contribution in [3.8, 4) is 5.69 Å². The third-order valence-electron chi connectivity index (χ3n) is 4.27. The molecule has 1 aromatic carbocycles. The molecule has 0 unspecified atom stereocenters. The Morgan fingerprint density at radius 2 is 1.95 bits per heavy atom. The van der Waals surface area contributed by atoms with E-state index < -0.39 is 0 Å². The molecular weight excluding hydrogens is 248 g/mol. The number of nitrogens with two attached hydrogens (primary N) is 1. The first-order chi connectivity index (χ1) is 9.70. The van der Waals surface area contributed by atoms with Crippen LogP contribution in [0.4, 0.5) is 0 Å². The van der Waals surface area contributed by atoms with Crippen LogP contribution in [0.5, 0.6) is 0 Å². The number of aromatic nitrogens is 3. The fraction of sp³-hybridized carbons (Fsp3) is 0.500. The van der Waals surface area contributed by atoms with Gasteiger partial charge in [0.25, 0.3) is 0 Å². The maximum absolute atomic E-state index is 5.81. The highest BCUT2D eigenvalue weighted by Gasteiger charge is 2.27. The van der Waals surface area contributed by atoms with Crippen LogP contribution in [0.15, 0.2) is 24.3 Å². The molecular formula is C16H22N4. The lowest BCUT2D eigenvalue weighted by Crippen LogP contribution is -2.17. The van der Waals surface area contributed by atoms with Gasteiger partial charge in [0.2, 0.25) is 0 Å². The van der Waals surface area contributed by atoms with Gasteiger partial charge in [-0.2, -0.15) is 0 Å². The molecule has 1 aromatic heterocycles. The molecule has 0 saturated heterocycles. The lowest BCUT2D eigenvalue weighted by molar-refractivity contribution is 0.401. The third-order valence-corrected chi connectivity index (χ3v) is 4.27. The molecule has 2 aromatic rings. The molecule has 1 heterocycles. The summed E-state index contributed by atoms with van der Waals surface area (Å²) >= 11 is 0. The molecule has 1 aliphatic rings. The molecule has 0 amide bonds. The van der Waals surface area contributed by atoms with Gasteiger partial charge < -0.3 is 5.73 Å². The van der Waals surface area contributed by atoms with Crippen molar-refractivity contribution in [2.24, 2.45) is 5.73 Å². The zero-order chi connectivity index (χ0) is 14.1. The Balaban J connectivity index is 1.98. The standard InChI is InChI=1S/C16H22N4/c1-11(2)12-6-8-14(9-7-12)20-16(13-4-3-5-13)15(10-17)18-19-20/h6-9,11,13H,3-5,10,17H2,1-2H3. The summed E-state index contributed by atoms with van der Waals surface area (Å²) in [5.41, 5.74) is 10.4. The van der Waals surface area contributed by atoms with E-state index in [0.717, 1.165) is 11.4 Å². The van der Waals surface area contributed by atoms with E-state index in [4.69, 9.17) is 5.73 Å². The third kappa shape index (κ3) is 2.24. The van der Waals surface area contributed by atoms with E-state index in [1.807, 2.05) is 4.68 Å². The van der Waals surface area contributed by atoms with Gasteiger partial charge in [-0.1, -0.05) is 37.6 Å². The molecule has 1 aliphatic carbocycles. The van der Waals surface area contributed by atoms with E-state index in [0.29, 0.717) is 18.4 Å². The molecule has 4 heteroatoms. The summed E-state index contributed by atoms with van der Waals surface area (Å²) in [4.78, 5) is 0. The van der Waals surface area contributed by atoms with Crippen LogP contribution < -0.4 is 5.73 Å². The minimum atomic E-state index is 0.468. The van der Waals surface area contributed by atoms with Crippen molar-refractivity contribution in [1.82, 2.24) is 15.0 Å². The first kappa shape index (κ1) is 13.3. The van der Waals surface area contributed by atoms with E-state index in [-0.39, 0.29) is 0 Å². The highest BCUT2D eigenvalue weighted by Crippen LogP contribution is 2.38. The molecule has 2 N–H and O–H groups in total. The molecule has 3 rings (SSSR count). The Morgan fingerprint density at radius 3 is 2.45 bits per heavy atom. The summed E-state index contributed by atoms with van der Waals surface area (Å²) in [6.07, 6.45) is 3.75. The van der Waals surface area contributed by atoms with E-state index in [9.17, 15) is 0 Å². The molecule has 0 radical (unpaired) electrons. The summed E-state index contributed by atoms with van der Waals surface area (Å²) in [6.45, 7) is 4.88. The molecule has 4 nitrogen and oxygen atoms in total. The smallest absolute Gasteiger partial charge is 0.100 e. The Labute approximate surface area is 120 Å². The maximum Gasteiger partial charge on any atom is 0.100 e. The van der Waals surface area contributed by atoms with Gasteiger partial charge in [0.1, 0.15) is 5.69 Å². The monoisotopic (exact) mass is 270 g/mol. The lowest BCUT2D eigenvalue weighted by atomic mass is 9.82.